The molecule has 0 aromatic rings. The molecule has 0 radical (unpaired) electrons. The van der Waals surface area contributed by atoms with Gasteiger partial charge in [0.2, 0.25) is 0 Å². The Hall–Kier alpha value is -0.120. The molecule has 1 fully saturated rings. The fourth-order valence-corrected chi connectivity index (χ4v) is 3.41. The van der Waals surface area contributed by atoms with E-state index in [0.29, 0.717) is 5.41 Å². The Balaban J connectivity index is 2.51. The lowest BCUT2D eigenvalue weighted by atomic mass is 9.70. The second-order valence-electron chi connectivity index (χ2n) is 8.25. The molecule has 126 valence electrons. The van der Waals surface area contributed by atoms with Crippen LogP contribution in [0.5, 0.6) is 0 Å². The first-order valence-electron chi connectivity index (χ1n) is 8.87. The minimum absolute atomic E-state index is 0.502. The Morgan fingerprint density at radius 2 is 1.71 bits per heavy atom. The standard InChI is InChI=1S/C18H39N3/c1-16(2)13-19-14-18(9-7-17(3)8-10-18)15-21(6)12-11-20(4)5/h16-17,19H,7-15H2,1-6H3. The molecule has 1 rings (SSSR count). The maximum absolute atomic E-state index is 3.74. The zero-order valence-electron chi connectivity index (χ0n) is 15.4. The van der Waals surface area contributed by atoms with Crippen LogP contribution in [0.2, 0.25) is 0 Å². The number of nitrogens with zero attached hydrogens (tertiary/aromatic N) is 2. The van der Waals surface area contributed by atoms with Crippen LogP contribution in [-0.4, -0.2) is 63.7 Å². The monoisotopic (exact) mass is 297 g/mol. The van der Waals surface area contributed by atoms with Gasteiger partial charge in [0.25, 0.3) is 0 Å². The first-order valence-corrected chi connectivity index (χ1v) is 8.87. The third kappa shape index (κ3) is 7.62. The first kappa shape index (κ1) is 18.9. The fraction of sp³-hybridized carbons (Fsp3) is 1.00. The number of hydrogen-bond donors (Lipinski definition) is 1. The summed E-state index contributed by atoms with van der Waals surface area (Å²) in [5.74, 6) is 1.67. The largest absolute Gasteiger partial charge is 0.316 e. The Kier molecular flexibility index (Phi) is 8.22. The van der Waals surface area contributed by atoms with Gasteiger partial charge in [-0.25, -0.2) is 0 Å². The van der Waals surface area contributed by atoms with Crippen molar-refractivity contribution in [3.63, 3.8) is 0 Å². The highest BCUT2D eigenvalue weighted by Gasteiger charge is 2.34. The minimum atomic E-state index is 0.502. The predicted molar refractivity (Wildman–Crippen MR) is 93.8 cm³/mol. The van der Waals surface area contributed by atoms with Crippen LogP contribution >= 0.6 is 0 Å². The van der Waals surface area contributed by atoms with Crippen LogP contribution in [0.3, 0.4) is 0 Å². The summed E-state index contributed by atoms with van der Waals surface area (Å²) >= 11 is 0. The van der Waals surface area contributed by atoms with Gasteiger partial charge in [-0.2, -0.15) is 0 Å². The van der Waals surface area contributed by atoms with E-state index in [2.05, 4.69) is 57.0 Å². The van der Waals surface area contributed by atoms with Gasteiger partial charge in [-0.05, 0) is 57.8 Å². The van der Waals surface area contributed by atoms with Crippen molar-refractivity contribution in [3.05, 3.63) is 0 Å². The lowest BCUT2D eigenvalue weighted by molar-refractivity contribution is 0.0949. The zero-order valence-corrected chi connectivity index (χ0v) is 15.4. The van der Waals surface area contributed by atoms with E-state index in [9.17, 15) is 0 Å². The van der Waals surface area contributed by atoms with Gasteiger partial charge in [-0.3, -0.25) is 0 Å². The molecule has 0 spiro atoms. The van der Waals surface area contributed by atoms with Crippen LogP contribution in [0.25, 0.3) is 0 Å². The van der Waals surface area contributed by atoms with Gasteiger partial charge >= 0.3 is 0 Å². The van der Waals surface area contributed by atoms with E-state index in [1.807, 2.05) is 0 Å². The molecule has 0 saturated heterocycles. The zero-order chi connectivity index (χ0) is 15.9. The second kappa shape index (κ2) is 9.12. The maximum Gasteiger partial charge on any atom is 0.0106 e. The first-order chi connectivity index (χ1) is 9.83. The molecule has 3 nitrogen and oxygen atoms in total. The molecular weight excluding hydrogens is 258 g/mol. The number of nitrogens with one attached hydrogen (secondary N) is 1. The molecule has 0 aromatic carbocycles. The van der Waals surface area contributed by atoms with E-state index in [0.717, 1.165) is 24.9 Å². The van der Waals surface area contributed by atoms with E-state index in [-0.39, 0.29) is 0 Å². The Morgan fingerprint density at radius 3 is 2.24 bits per heavy atom. The average molecular weight is 298 g/mol. The highest BCUT2D eigenvalue weighted by atomic mass is 15.2. The molecule has 1 N–H and O–H groups in total. The van der Waals surface area contributed by atoms with Crippen molar-refractivity contribution in [1.82, 2.24) is 15.1 Å². The maximum atomic E-state index is 3.74. The van der Waals surface area contributed by atoms with Gasteiger partial charge in [0, 0.05) is 26.2 Å². The smallest absolute Gasteiger partial charge is 0.0106 e. The van der Waals surface area contributed by atoms with Crippen molar-refractivity contribution in [2.24, 2.45) is 17.3 Å². The van der Waals surface area contributed by atoms with Crippen molar-refractivity contribution in [2.75, 3.05) is 53.9 Å². The molecule has 0 aliphatic heterocycles. The van der Waals surface area contributed by atoms with Crippen LogP contribution in [0.4, 0.5) is 0 Å². The molecule has 0 atom stereocenters. The van der Waals surface area contributed by atoms with Gasteiger partial charge in [0.1, 0.15) is 0 Å². The normalized spacial score (nSPS) is 27.0. The van der Waals surface area contributed by atoms with Gasteiger partial charge in [0.05, 0.1) is 0 Å². The predicted octanol–water partition coefficient (Wildman–Crippen LogP) is 2.92. The lowest BCUT2D eigenvalue weighted by Crippen LogP contribution is -2.46. The molecule has 0 bridgehead atoms. The SMILES string of the molecule is CC(C)CNCC1(CN(C)CCN(C)C)CCC(C)CC1. The summed E-state index contributed by atoms with van der Waals surface area (Å²) < 4.78 is 0. The van der Waals surface area contributed by atoms with Gasteiger partial charge in [0.15, 0.2) is 0 Å². The van der Waals surface area contributed by atoms with Gasteiger partial charge in [-0.1, -0.05) is 33.6 Å². The third-order valence-corrected chi connectivity index (χ3v) is 4.92. The summed E-state index contributed by atoms with van der Waals surface area (Å²) in [7, 11) is 6.62. The molecule has 1 aliphatic carbocycles. The number of likely N-dealkylation sites (N-methyl/N-ethyl adjacent to an activating group) is 2. The van der Waals surface area contributed by atoms with Crippen LogP contribution in [0.1, 0.15) is 46.5 Å². The van der Waals surface area contributed by atoms with Crippen LogP contribution < -0.4 is 5.32 Å². The van der Waals surface area contributed by atoms with E-state index in [1.165, 1.54) is 45.3 Å². The number of rotatable bonds is 9. The summed E-state index contributed by atoms with van der Waals surface area (Å²) in [6, 6.07) is 0. The van der Waals surface area contributed by atoms with Crippen molar-refractivity contribution in [2.45, 2.75) is 46.5 Å². The minimum Gasteiger partial charge on any atom is -0.316 e. The molecule has 21 heavy (non-hydrogen) atoms. The molecule has 0 unspecified atom stereocenters. The van der Waals surface area contributed by atoms with Crippen molar-refractivity contribution < 1.29 is 0 Å². The molecule has 0 aromatic heterocycles. The Bertz CT molecular complexity index is 268. The van der Waals surface area contributed by atoms with E-state index in [4.69, 9.17) is 0 Å². The highest BCUT2D eigenvalue weighted by Crippen LogP contribution is 2.39. The molecule has 0 heterocycles. The highest BCUT2D eigenvalue weighted by molar-refractivity contribution is 4.89. The summed E-state index contributed by atoms with van der Waals surface area (Å²) in [5.41, 5.74) is 0.502. The Morgan fingerprint density at radius 1 is 1.10 bits per heavy atom. The van der Waals surface area contributed by atoms with Gasteiger partial charge < -0.3 is 15.1 Å². The van der Waals surface area contributed by atoms with Gasteiger partial charge in [-0.15, -0.1) is 0 Å². The molecule has 0 amide bonds. The molecule has 1 aliphatic rings. The van der Waals surface area contributed by atoms with Crippen molar-refractivity contribution >= 4 is 0 Å². The summed E-state index contributed by atoms with van der Waals surface area (Å²) in [5, 5.41) is 3.74. The fourth-order valence-electron chi connectivity index (χ4n) is 3.41. The van der Waals surface area contributed by atoms with E-state index in [1.54, 1.807) is 0 Å². The van der Waals surface area contributed by atoms with Crippen molar-refractivity contribution in [3.8, 4) is 0 Å². The quantitative estimate of drug-likeness (QED) is 0.706. The molecular formula is C18H39N3. The van der Waals surface area contributed by atoms with E-state index < -0.39 is 0 Å². The molecule has 1 saturated carbocycles. The van der Waals surface area contributed by atoms with Crippen molar-refractivity contribution in [1.29, 1.82) is 0 Å². The topological polar surface area (TPSA) is 18.5 Å². The average Bonchev–Trinajstić information content (AvgIpc) is 2.39. The van der Waals surface area contributed by atoms with Crippen LogP contribution in [-0.2, 0) is 0 Å². The molecule has 3 heteroatoms. The van der Waals surface area contributed by atoms with Crippen LogP contribution in [0.15, 0.2) is 0 Å². The van der Waals surface area contributed by atoms with E-state index >= 15 is 0 Å². The number of hydrogen-bond acceptors (Lipinski definition) is 3. The third-order valence-electron chi connectivity index (χ3n) is 4.92. The summed E-state index contributed by atoms with van der Waals surface area (Å²) in [4.78, 5) is 4.83. The second-order valence-corrected chi connectivity index (χ2v) is 8.25. The lowest BCUT2D eigenvalue weighted by Gasteiger charge is -2.42. The van der Waals surface area contributed by atoms with Crippen LogP contribution in [0, 0.1) is 17.3 Å². The summed E-state index contributed by atoms with van der Waals surface area (Å²) in [6.07, 6.45) is 5.60. The summed E-state index contributed by atoms with van der Waals surface area (Å²) in [6.45, 7) is 12.9. The Labute approximate surface area is 133 Å².